The average Bonchev–Trinajstić information content (AvgIpc) is 3.41. The summed E-state index contributed by atoms with van der Waals surface area (Å²) in [6, 6.07) is 12.7. The van der Waals surface area contributed by atoms with E-state index in [4.69, 9.17) is 4.74 Å². The van der Waals surface area contributed by atoms with Crippen molar-refractivity contribution in [2.24, 2.45) is 0 Å². The van der Waals surface area contributed by atoms with E-state index in [1.807, 2.05) is 47.8 Å². The van der Waals surface area contributed by atoms with Gasteiger partial charge in [0.25, 0.3) is 5.91 Å². The Balaban J connectivity index is 1.70. The van der Waals surface area contributed by atoms with Gasteiger partial charge in [0.2, 0.25) is 0 Å². The van der Waals surface area contributed by atoms with Crippen LogP contribution in [-0.4, -0.2) is 40.8 Å². The number of rotatable bonds is 8. The van der Waals surface area contributed by atoms with Gasteiger partial charge < -0.3 is 10.1 Å². The fourth-order valence-corrected chi connectivity index (χ4v) is 3.32. The molecule has 0 aliphatic rings. The Bertz CT molecular complexity index is 1030. The Hall–Kier alpha value is -3.72. The third-order valence-corrected chi connectivity index (χ3v) is 4.79. The Kier molecular flexibility index (Phi) is 7.12. The molecule has 0 unspecified atom stereocenters. The summed E-state index contributed by atoms with van der Waals surface area (Å²) in [4.78, 5) is 36.7. The first-order valence-corrected chi connectivity index (χ1v) is 9.95. The molecule has 0 aliphatic carbocycles. The fraction of sp³-hybridized carbons (Fsp3) is 0.143. The number of carbonyl (C=O) groups is 3. The van der Waals surface area contributed by atoms with Gasteiger partial charge in [0, 0.05) is 12.7 Å². The summed E-state index contributed by atoms with van der Waals surface area (Å²) < 4.78 is 6.75. The van der Waals surface area contributed by atoms with E-state index in [1.165, 1.54) is 17.4 Å². The molecule has 0 radical (unpaired) electrons. The minimum Gasteiger partial charge on any atom is -0.452 e. The van der Waals surface area contributed by atoms with Crippen LogP contribution in [0.3, 0.4) is 0 Å². The van der Waals surface area contributed by atoms with Gasteiger partial charge in [-0.05, 0) is 17.0 Å². The highest BCUT2D eigenvalue weighted by atomic mass is 32.1. The van der Waals surface area contributed by atoms with Crippen molar-refractivity contribution in [2.75, 3.05) is 13.2 Å². The van der Waals surface area contributed by atoms with Crippen LogP contribution in [0.2, 0.25) is 0 Å². The van der Waals surface area contributed by atoms with Crippen LogP contribution >= 0.6 is 11.3 Å². The lowest BCUT2D eigenvalue weighted by molar-refractivity contribution is -0.123. The fourth-order valence-electron chi connectivity index (χ4n) is 2.60. The number of thiophene rings is 1. The van der Waals surface area contributed by atoms with E-state index in [0.29, 0.717) is 12.2 Å². The van der Waals surface area contributed by atoms with E-state index in [9.17, 15) is 14.4 Å². The average molecular weight is 424 g/mol. The number of hydrogen-bond acceptors (Lipinski definition) is 6. The van der Waals surface area contributed by atoms with E-state index in [1.54, 1.807) is 10.9 Å². The van der Waals surface area contributed by atoms with Crippen molar-refractivity contribution >= 4 is 29.2 Å². The van der Waals surface area contributed by atoms with Crippen molar-refractivity contribution in [3.05, 3.63) is 77.8 Å². The number of carbonyl (C=O) groups excluding carboxylic acids is 3. The van der Waals surface area contributed by atoms with Crippen LogP contribution in [0.5, 0.6) is 0 Å². The van der Waals surface area contributed by atoms with Crippen molar-refractivity contribution in [1.82, 2.24) is 20.4 Å². The Morgan fingerprint density at radius 1 is 1.17 bits per heavy atom. The number of aromatic nitrogens is 2. The molecule has 30 heavy (non-hydrogen) atoms. The van der Waals surface area contributed by atoms with Gasteiger partial charge in [-0.3, -0.25) is 14.8 Å². The second kappa shape index (κ2) is 10.2. The Morgan fingerprint density at radius 3 is 2.67 bits per heavy atom. The molecule has 0 saturated heterocycles. The highest BCUT2D eigenvalue weighted by molar-refractivity contribution is 7.13. The zero-order valence-electron chi connectivity index (χ0n) is 16.0. The van der Waals surface area contributed by atoms with Crippen LogP contribution in [-0.2, 0) is 16.1 Å². The van der Waals surface area contributed by atoms with E-state index in [0.717, 1.165) is 10.4 Å². The number of ether oxygens (including phenoxy) is 1. The van der Waals surface area contributed by atoms with E-state index >= 15 is 0 Å². The van der Waals surface area contributed by atoms with Gasteiger partial charge in [-0.15, -0.1) is 17.9 Å². The molecular formula is C21H20N4O4S. The minimum atomic E-state index is -0.737. The molecule has 0 saturated carbocycles. The van der Waals surface area contributed by atoms with Gasteiger partial charge in [0.15, 0.2) is 6.61 Å². The molecule has 2 N–H and O–H groups in total. The molecule has 0 spiro atoms. The summed E-state index contributed by atoms with van der Waals surface area (Å²) >= 11 is 1.44. The SMILES string of the molecule is C=CCNC(=O)NC(=O)COC(=O)c1cn(Cc2ccccc2)nc1-c1cccs1. The zero-order chi connectivity index (χ0) is 21.3. The number of nitrogens with one attached hydrogen (secondary N) is 2. The maximum absolute atomic E-state index is 12.6. The van der Waals surface area contributed by atoms with Crippen LogP contribution < -0.4 is 10.6 Å². The quantitative estimate of drug-likeness (QED) is 0.428. The van der Waals surface area contributed by atoms with Crippen molar-refractivity contribution < 1.29 is 19.1 Å². The molecule has 9 heteroatoms. The van der Waals surface area contributed by atoms with Crippen molar-refractivity contribution in [1.29, 1.82) is 0 Å². The number of amides is 3. The minimum absolute atomic E-state index is 0.212. The molecular weight excluding hydrogens is 404 g/mol. The van der Waals surface area contributed by atoms with Crippen molar-refractivity contribution in [2.45, 2.75) is 6.54 Å². The second-order valence-electron chi connectivity index (χ2n) is 6.17. The van der Waals surface area contributed by atoms with Gasteiger partial charge in [0.05, 0.1) is 11.4 Å². The molecule has 2 heterocycles. The van der Waals surface area contributed by atoms with Crippen molar-refractivity contribution in [3.63, 3.8) is 0 Å². The van der Waals surface area contributed by atoms with Gasteiger partial charge in [-0.2, -0.15) is 5.10 Å². The molecule has 3 amide bonds. The summed E-state index contributed by atoms with van der Waals surface area (Å²) in [5.74, 6) is -1.43. The van der Waals surface area contributed by atoms with Crippen LogP contribution in [0, 0.1) is 0 Å². The summed E-state index contributed by atoms with van der Waals surface area (Å²) in [5.41, 5.74) is 1.76. The van der Waals surface area contributed by atoms with Gasteiger partial charge in [0.1, 0.15) is 11.3 Å². The lowest BCUT2D eigenvalue weighted by Gasteiger charge is -2.06. The molecule has 0 atom stereocenters. The molecule has 3 rings (SSSR count). The summed E-state index contributed by atoms with van der Waals surface area (Å²) in [6.07, 6.45) is 3.07. The molecule has 1 aromatic carbocycles. The molecule has 8 nitrogen and oxygen atoms in total. The molecule has 0 fully saturated rings. The largest absolute Gasteiger partial charge is 0.452 e. The molecule has 2 aromatic heterocycles. The zero-order valence-corrected chi connectivity index (χ0v) is 16.9. The van der Waals surface area contributed by atoms with E-state index < -0.39 is 24.5 Å². The van der Waals surface area contributed by atoms with Gasteiger partial charge >= 0.3 is 12.0 Å². The predicted octanol–water partition coefficient (Wildman–Crippen LogP) is 2.83. The molecule has 154 valence electrons. The smallest absolute Gasteiger partial charge is 0.342 e. The summed E-state index contributed by atoms with van der Waals surface area (Å²) in [6.45, 7) is 3.56. The van der Waals surface area contributed by atoms with E-state index in [2.05, 4.69) is 22.3 Å². The van der Waals surface area contributed by atoms with Crippen LogP contribution in [0.1, 0.15) is 15.9 Å². The number of benzene rings is 1. The number of nitrogens with zero attached hydrogens (tertiary/aromatic N) is 2. The Morgan fingerprint density at radius 2 is 1.97 bits per heavy atom. The Labute approximate surface area is 177 Å². The highest BCUT2D eigenvalue weighted by Gasteiger charge is 2.21. The predicted molar refractivity (Wildman–Crippen MR) is 113 cm³/mol. The lowest BCUT2D eigenvalue weighted by atomic mass is 10.2. The van der Waals surface area contributed by atoms with Crippen LogP contribution in [0.15, 0.2) is 66.7 Å². The van der Waals surface area contributed by atoms with E-state index in [-0.39, 0.29) is 12.1 Å². The monoisotopic (exact) mass is 424 g/mol. The summed E-state index contributed by atoms with van der Waals surface area (Å²) in [5, 5.41) is 10.9. The number of hydrogen-bond donors (Lipinski definition) is 2. The normalized spacial score (nSPS) is 10.3. The van der Waals surface area contributed by atoms with Crippen LogP contribution in [0.4, 0.5) is 4.79 Å². The van der Waals surface area contributed by atoms with Gasteiger partial charge in [-0.1, -0.05) is 42.5 Å². The molecule has 0 bridgehead atoms. The highest BCUT2D eigenvalue weighted by Crippen LogP contribution is 2.27. The number of imide groups is 1. The summed E-state index contributed by atoms with van der Waals surface area (Å²) in [7, 11) is 0. The maximum Gasteiger partial charge on any atom is 0.342 e. The second-order valence-corrected chi connectivity index (χ2v) is 7.12. The first kappa shape index (κ1) is 21.0. The first-order chi connectivity index (χ1) is 14.6. The number of esters is 1. The third-order valence-electron chi connectivity index (χ3n) is 3.92. The first-order valence-electron chi connectivity index (χ1n) is 9.07. The van der Waals surface area contributed by atoms with Crippen LogP contribution in [0.25, 0.3) is 10.6 Å². The van der Waals surface area contributed by atoms with Gasteiger partial charge in [-0.25, -0.2) is 9.59 Å². The number of urea groups is 1. The third kappa shape index (κ3) is 5.65. The standard InChI is InChI=1S/C21H20N4O4S/c1-2-10-22-21(28)23-18(26)14-29-20(27)16-13-25(12-15-7-4-3-5-8-15)24-19(16)17-9-6-11-30-17/h2-9,11,13H,1,10,12,14H2,(H2,22,23,26,28). The lowest BCUT2D eigenvalue weighted by Crippen LogP contribution is -2.41. The maximum atomic E-state index is 12.6. The molecule has 3 aromatic rings. The molecule has 0 aliphatic heterocycles. The topological polar surface area (TPSA) is 102 Å². The van der Waals surface area contributed by atoms with Crippen molar-refractivity contribution in [3.8, 4) is 10.6 Å².